The van der Waals surface area contributed by atoms with Gasteiger partial charge in [0.1, 0.15) is 5.69 Å². The van der Waals surface area contributed by atoms with Gasteiger partial charge in [-0.15, -0.1) is 5.10 Å². The summed E-state index contributed by atoms with van der Waals surface area (Å²) >= 11 is 0. The van der Waals surface area contributed by atoms with E-state index in [1.54, 1.807) is 0 Å². The predicted octanol–water partition coefficient (Wildman–Crippen LogP) is 6.31. The molecule has 5 rings (SSSR count). The summed E-state index contributed by atoms with van der Waals surface area (Å²) in [6, 6.07) is 27.7. The second kappa shape index (κ2) is 8.54. The van der Waals surface area contributed by atoms with E-state index in [1.165, 1.54) is 41.1 Å². The van der Waals surface area contributed by atoms with Crippen molar-refractivity contribution in [1.29, 1.82) is 0 Å². The minimum atomic E-state index is 0.926. The molecule has 0 atom stereocenters. The van der Waals surface area contributed by atoms with Gasteiger partial charge in [-0.05, 0) is 25.0 Å². The van der Waals surface area contributed by atoms with Crippen molar-refractivity contribution in [2.24, 2.45) is 0 Å². The van der Waals surface area contributed by atoms with Crippen LogP contribution in [0.2, 0.25) is 0 Å². The quantitative estimate of drug-likeness (QED) is 0.289. The zero-order chi connectivity index (χ0) is 20.2. The lowest BCUT2D eigenvalue weighted by atomic mass is 10.2. The Morgan fingerprint density at radius 1 is 0.600 bits per heavy atom. The van der Waals surface area contributed by atoms with Gasteiger partial charge in [-0.3, -0.25) is 4.68 Å². The maximum atomic E-state index is 4.30. The van der Waals surface area contributed by atoms with Gasteiger partial charge in [-0.25, -0.2) is 0 Å². The number of hydrogen-bond donors (Lipinski definition) is 0. The highest BCUT2D eigenvalue weighted by Gasteiger charge is 2.09. The van der Waals surface area contributed by atoms with Crippen LogP contribution in [0.1, 0.15) is 25.7 Å². The monoisotopic (exact) mass is 394 g/mol. The molecule has 0 aliphatic rings. The Bertz CT molecular complexity index is 1200. The number of rotatable bonds is 8. The zero-order valence-electron chi connectivity index (χ0n) is 17.1. The van der Waals surface area contributed by atoms with Gasteiger partial charge in [-0.2, -0.15) is 0 Å². The van der Waals surface area contributed by atoms with Gasteiger partial charge in [0.25, 0.3) is 0 Å². The smallest absolute Gasteiger partial charge is 0.113 e. The van der Waals surface area contributed by atoms with E-state index in [0.717, 1.165) is 30.8 Å². The molecule has 30 heavy (non-hydrogen) atoms. The Balaban J connectivity index is 1.15. The molecule has 4 nitrogen and oxygen atoms in total. The van der Waals surface area contributed by atoms with Crippen molar-refractivity contribution in [3.63, 3.8) is 0 Å². The van der Waals surface area contributed by atoms with Gasteiger partial charge in [0, 0.05) is 40.5 Å². The third kappa shape index (κ3) is 3.73. The van der Waals surface area contributed by atoms with E-state index in [-0.39, 0.29) is 0 Å². The van der Waals surface area contributed by atoms with Crippen molar-refractivity contribution in [2.75, 3.05) is 0 Å². The van der Waals surface area contributed by atoms with Crippen LogP contribution in [-0.2, 0) is 13.1 Å². The largest absolute Gasteiger partial charge is 0.340 e. The van der Waals surface area contributed by atoms with E-state index in [4.69, 9.17) is 0 Å². The van der Waals surface area contributed by atoms with Crippen LogP contribution in [0.25, 0.3) is 33.1 Å². The van der Waals surface area contributed by atoms with Crippen molar-refractivity contribution in [3.05, 3.63) is 85.1 Å². The molecule has 4 heteroatoms. The Kier molecular flexibility index (Phi) is 5.30. The second-order valence-corrected chi connectivity index (χ2v) is 7.83. The SMILES string of the molecule is c1ccc(-c2cn(CCCCCCn3c4ccccc4c4ccccc43)nn2)cc1. The summed E-state index contributed by atoms with van der Waals surface area (Å²) < 4.78 is 4.45. The van der Waals surface area contributed by atoms with Crippen molar-refractivity contribution >= 4 is 21.8 Å². The van der Waals surface area contributed by atoms with E-state index in [9.17, 15) is 0 Å². The first-order chi connectivity index (χ1) is 14.9. The lowest BCUT2D eigenvalue weighted by Gasteiger charge is -2.07. The second-order valence-electron chi connectivity index (χ2n) is 7.83. The predicted molar refractivity (Wildman–Crippen MR) is 123 cm³/mol. The van der Waals surface area contributed by atoms with E-state index < -0.39 is 0 Å². The number of benzene rings is 3. The Morgan fingerprint density at radius 3 is 1.90 bits per heavy atom. The lowest BCUT2D eigenvalue weighted by Crippen LogP contribution is -2.00. The van der Waals surface area contributed by atoms with Gasteiger partial charge in [0.05, 0.1) is 6.20 Å². The molecular weight excluding hydrogens is 368 g/mol. The maximum absolute atomic E-state index is 4.30. The number of para-hydroxylation sites is 2. The molecular formula is C26H26N4. The summed E-state index contributed by atoms with van der Waals surface area (Å²) in [4.78, 5) is 0. The van der Waals surface area contributed by atoms with Crippen LogP contribution in [0, 0.1) is 0 Å². The molecule has 0 saturated heterocycles. The summed E-state index contributed by atoms with van der Waals surface area (Å²) in [5, 5.41) is 11.3. The summed E-state index contributed by atoms with van der Waals surface area (Å²) in [6.45, 7) is 1.99. The first-order valence-corrected chi connectivity index (χ1v) is 10.8. The highest BCUT2D eigenvalue weighted by molar-refractivity contribution is 6.07. The zero-order valence-corrected chi connectivity index (χ0v) is 17.1. The average molecular weight is 395 g/mol. The summed E-state index contributed by atoms with van der Waals surface area (Å²) in [7, 11) is 0. The van der Waals surface area contributed by atoms with Crippen LogP contribution in [0.5, 0.6) is 0 Å². The fourth-order valence-electron chi connectivity index (χ4n) is 4.29. The highest BCUT2D eigenvalue weighted by atomic mass is 15.4. The first-order valence-electron chi connectivity index (χ1n) is 10.8. The minimum Gasteiger partial charge on any atom is -0.340 e. The van der Waals surface area contributed by atoms with Gasteiger partial charge in [0.15, 0.2) is 0 Å². The highest BCUT2D eigenvalue weighted by Crippen LogP contribution is 2.29. The number of hydrogen-bond acceptors (Lipinski definition) is 2. The molecule has 5 aromatic rings. The molecule has 2 heterocycles. The van der Waals surface area contributed by atoms with Gasteiger partial charge >= 0.3 is 0 Å². The average Bonchev–Trinajstić information content (AvgIpc) is 3.40. The summed E-state index contributed by atoms with van der Waals surface area (Å²) in [5.74, 6) is 0. The van der Waals surface area contributed by atoms with E-state index in [2.05, 4.69) is 75.5 Å². The van der Waals surface area contributed by atoms with Crippen LogP contribution in [0.15, 0.2) is 85.1 Å². The van der Waals surface area contributed by atoms with Crippen LogP contribution in [0.4, 0.5) is 0 Å². The number of nitrogens with zero attached hydrogens (tertiary/aromatic N) is 4. The fraction of sp³-hybridized carbons (Fsp3) is 0.231. The fourth-order valence-corrected chi connectivity index (χ4v) is 4.29. The molecule has 0 fully saturated rings. The topological polar surface area (TPSA) is 35.6 Å². The van der Waals surface area contributed by atoms with Crippen LogP contribution >= 0.6 is 0 Å². The van der Waals surface area contributed by atoms with Crippen LogP contribution in [0.3, 0.4) is 0 Å². The van der Waals surface area contributed by atoms with Crippen molar-refractivity contribution in [1.82, 2.24) is 19.6 Å². The number of aromatic nitrogens is 4. The van der Waals surface area contributed by atoms with Crippen LogP contribution in [-0.4, -0.2) is 19.6 Å². The normalized spacial score (nSPS) is 11.5. The number of aryl methyl sites for hydroxylation is 2. The van der Waals surface area contributed by atoms with E-state index in [1.807, 2.05) is 29.1 Å². The van der Waals surface area contributed by atoms with Crippen LogP contribution < -0.4 is 0 Å². The maximum Gasteiger partial charge on any atom is 0.113 e. The number of unbranched alkanes of at least 4 members (excludes halogenated alkanes) is 3. The molecule has 3 aromatic carbocycles. The van der Waals surface area contributed by atoms with Gasteiger partial charge in [0.2, 0.25) is 0 Å². The Labute approximate surface area is 176 Å². The number of fused-ring (bicyclic) bond motifs is 3. The molecule has 0 bridgehead atoms. The molecule has 0 unspecified atom stereocenters. The molecule has 0 saturated carbocycles. The molecule has 0 N–H and O–H groups in total. The molecule has 0 radical (unpaired) electrons. The van der Waals surface area contributed by atoms with Crippen molar-refractivity contribution in [3.8, 4) is 11.3 Å². The van der Waals surface area contributed by atoms with Crippen molar-refractivity contribution < 1.29 is 0 Å². The molecule has 0 amide bonds. The van der Waals surface area contributed by atoms with Gasteiger partial charge < -0.3 is 4.57 Å². The third-order valence-corrected chi connectivity index (χ3v) is 5.81. The summed E-state index contributed by atoms with van der Waals surface area (Å²) in [5.41, 5.74) is 4.75. The Morgan fingerprint density at radius 2 is 1.20 bits per heavy atom. The third-order valence-electron chi connectivity index (χ3n) is 5.81. The molecule has 2 aromatic heterocycles. The Hall–Kier alpha value is -3.40. The van der Waals surface area contributed by atoms with E-state index >= 15 is 0 Å². The van der Waals surface area contributed by atoms with E-state index in [0.29, 0.717) is 0 Å². The standard InChI is InChI=1S/C26H26N4/c1(10-18-29-20-24(27-28-29)21-12-4-3-5-13-21)2-11-19-30-25-16-8-6-14-22(25)23-15-7-9-17-26(23)30/h3-9,12-17,20H,1-2,10-11,18-19H2. The lowest BCUT2D eigenvalue weighted by molar-refractivity contribution is 0.512. The summed E-state index contributed by atoms with van der Waals surface area (Å²) in [6.07, 6.45) is 6.80. The molecule has 0 spiro atoms. The first kappa shape index (κ1) is 18.6. The van der Waals surface area contributed by atoms with Crippen molar-refractivity contribution in [2.45, 2.75) is 38.8 Å². The molecule has 0 aliphatic heterocycles. The molecule has 150 valence electrons. The minimum absolute atomic E-state index is 0.926. The van der Waals surface area contributed by atoms with Gasteiger partial charge in [-0.1, -0.05) is 84.8 Å². The molecule has 0 aliphatic carbocycles.